The minimum Gasteiger partial charge on any atom is -0.324 e. The van der Waals surface area contributed by atoms with Gasteiger partial charge in [-0.3, -0.25) is 14.5 Å². The summed E-state index contributed by atoms with van der Waals surface area (Å²) in [5, 5.41) is 5.41. The first-order chi connectivity index (χ1) is 15.5. The third-order valence-electron chi connectivity index (χ3n) is 5.63. The molecular formula is C23H28N4O5S. The summed E-state index contributed by atoms with van der Waals surface area (Å²) in [4.78, 5) is 39.7. The molecule has 176 valence electrons. The predicted octanol–water partition coefficient (Wildman–Crippen LogP) is 2.43. The molecule has 0 saturated carbocycles. The molecule has 2 aromatic carbocycles. The lowest BCUT2D eigenvalue weighted by atomic mass is 9.85. The van der Waals surface area contributed by atoms with Crippen LogP contribution >= 0.6 is 0 Å². The Morgan fingerprint density at radius 1 is 1.12 bits per heavy atom. The van der Waals surface area contributed by atoms with Crippen molar-refractivity contribution in [3.63, 3.8) is 0 Å². The van der Waals surface area contributed by atoms with Crippen LogP contribution in [-0.2, 0) is 25.2 Å². The smallest absolute Gasteiger partial charge is 0.324 e. The molecule has 10 heteroatoms. The molecule has 33 heavy (non-hydrogen) atoms. The number of benzene rings is 2. The fourth-order valence-electron chi connectivity index (χ4n) is 3.82. The lowest BCUT2D eigenvalue weighted by Crippen LogP contribution is -2.44. The Morgan fingerprint density at radius 3 is 2.39 bits per heavy atom. The van der Waals surface area contributed by atoms with E-state index in [0.29, 0.717) is 24.0 Å². The zero-order chi connectivity index (χ0) is 24.4. The zero-order valence-electron chi connectivity index (χ0n) is 19.1. The number of rotatable bonds is 8. The lowest BCUT2D eigenvalue weighted by Gasteiger charge is -2.26. The number of aryl methyl sites for hydroxylation is 1. The average molecular weight is 473 g/mol. The van der Waals surface area contributed by atoms with Crippen LogP contribution in [-0.4, -0.2) is 56.1 Å². The van der Waals surface area contributed by atoms with E-state index in [-0.39, 0.29) is 10.6 Å². The molecule has 0 bridgehead atoms. The molecule has 0 radical (unpaired) electrons. The van der Waals surface area contributed by atoms with E-state index in [1.54, 1.807) is 37.3 Å². The van der Waals surface area contributed by atoms with Crippen LogP contribution in [0.5, 0.6) is 0 Å². The molecule has 9 nitrogen and oxygen atoms in total. The normalized spacial score (nSPS) is 18.5. The van der Waals surface area contributed by atoms with Crippen LogP contribution in [0.25, 0.3) is 0 Å². The number of nitrogens with one attached hydrogen (secondary N) is 2. The van der Waals surface area contributed by atoms with Gasteiger partial charge in [0.1, 0.15) is 12.1 Å². The van der Waals surface area contributed by atoms with Crippen molar-refractivity contribution in [2.45, 2.75) is 37.1 Å². The first-order valence-electron chi connectivity index (χ1n) is 10.6. The Morgan fingerprint density at radius 2 is 1.79 bits per heavy atom. The fraction of sp³-hybridized carbons (Fsp3) is 0.348. The molecule has 0 aromatic heterocycles. The van der Waals surface area contributed by atoms with Gasteiger partial charge in [-0.05, 0) is 36.6 Å². The summed E-state index contributed by atoms with van der Waals surface area (Å²) < 4.78 is 25.9. The van der Waals surface area contributed by atoms with Gasteiger partial charge in [0.25, 0.3) is 5.91 Å². The molecule has 1 atom stereocenters. The number of sulfonamides is 1. The maximum atomic E-state index is 13.3. The monoisotopic (exact) mass is 472 g/mol. The molecule has 1 saturated heterocycles. The van der Waals surface area contributed by atoms with Gasteiger partial charge in [-0.1, -0.05) is 49.7 Å². The summed E-state index contributed by atoms with van der Waals surface area (Å²) in [6.07, 6.45) is 1.04. The highest BCUT2D eigenvalue weighted by molar-refractivity contribution is 7.89. The number of hydrogen-bond donors (Lipinski definition) is 2. The van der Waals surface area contributed by atoms with E-state index in [0.717, 1.165) is 9.21 Å². The van der Waals surface area contributed by atoms with E-state index in [4.69, 9.17) is 0 Å². The summed E-state index contributed by atoms with van der Waals surface area (Å²) in [6, 6.07) is 12.7. The van der Waals surface area contributed by atoms with E-state index in [2.05, 4.69) is 10.6 Å². The van der Waals surface area contributed by atoms with Gasteiger partial charge in [0.05, 0.1) is 4.90 Å². The number of anilines is 1. The Balaban J connectivity index is 1.83. The number of nitrogens with zero attached hydrogens (tertiary/aromatic N) is 2. The number of urea groups is 1. The molecule has 2 aromatic rings. The predicted molar refractivity (Wildman–Crippen MR) is 124 cm³/mol. The molecule has 0 unspecified atom stereocenters. The van der Waals surface area contributed by atoms with Crippen LogP contribution in [0.2, 0.25) is 0 Å². The Bertz CT molecular complexity index is 1180. The second-order valence-corrected chi connectivity index (χ2v) is 10.3. The lowest BCUT2D eigenvalue weighted by molar-refractivity contribution is -0.134. The number of carbonyl (C=O) groups is 3. The quantitative estimate of drug-likeness (QED) is 0.573. The summed E-state index contributed by atoms with van der Waals surface area (Å²) >= 11 is 0. The SMILES string of the molecule is CCC[C@]1(c2ccccc2)NC(=O)N(CC(=O)Nc2cc(S(=O)(=O)N(C)C)ccc2C)C1=O. The largest absolute Gasteiger partial charge is 0.325 e. The van der Waals surface area contributed by atoms with Gasteiger partial charge in [-0.25, -0.2) is 17.5 Å². The molecule has 4 amide bonds. The van der Waals surface area contributed by atoms with Crippen molar-refractivity contribution in [1.29, 1.82) is 0 Å². The molecule has 1 heterocycles. The second kappa shape index (κ2) is 9.32. The van der Waals surface area contributed by atoms with Gasteiger partial charge in [-0.2, -0.15) is 0 Å². The first kappa shape index (κ1) is 24.4. The van der Waals surface area contributed by atoms with E-state index in [1.807, 2.05) is 13.0 Å². The van der Waals surface area contributed by atoms with E-state index >= 15 is 0 Å². The van der Waals surface area contributed by atoms with Crippen LogP contribution in [0.4, 0.5) is 10.5 Å². The van der Waals surface area contributed by atoms with Gasteiger partial charge >= 0.3 is 6.03 Å². The Hall–Kier alpha value is -3.24. The van der Waals surface area contributed by atoms with E-state index in [1.165, 1.54) is 26.2 Å². The van der Waals surface area contributed by atoms with Crippen molar-refractivity contribution in [2.24, 2.45) is 0 Å². The molecule has 1 aliphatic rings. The van der Waals surface area contributed by atoms with Crippen LogP contribution in [0.3, 0.4) is 0 Å². The van der Waals surface area contributed by atoms with Crippen LogP contribution in [0.1, 0.15) is 30.9 Å². The van der Waals surface area contributed by atoms with Gasteiger partial charge in [0, 0.05) is 19.8 Å². The van der Waals surface area contributed by atoms with Gasteiger partial charge in [0.15, 0.2) is 0 Å². The molecule has 2 N–H and O–H groups in total. The highest BCUT2D eigenvalue weighted by atomic mass is 32.2. The zero-order valence-corrected chi connectivity index (χ0v) is 19.9. The minimum atomic E-state index is -3.69. The van der Waals surface area contributed by atoms with Crippen molar-refractivity contribution < 1.29 is 22.8 Å². The number of imide groups is 1. The summed E-state index contributed by atoms with van der Waals surface area (Å²) in [6.45, 7) is 3.14. The molecular weight excluding hydrogens is 444 g/mol. The van der Waals surface area contributed by atoms with Crippen LogP contribution < -0.4 is 10.6 Å². The number of amides is 4. The Kier molecular flexibility index (Phi) is 6.89. The van der Waals surface area contributed by atoms with Crippen molar-refractivity contribution in [2.75, 3.05) is 26.0 Å². The third-order valence-corrected chi connectivity index (χ3v) is 7.44. The highest BCUT2D eigenvalue weighted by Gasteiger charge is 2.52. The fourth-order valence-corrected chi connectivity index (χ4v) is 4.75. The van der Waals surface area contributed by atoms with Crippen LogP contribution in [0.15, 0.2) is 53.4 Å². The summed E-state index contributed by atoms with van der Waals surface area (Å²) in [5.74, 6) is -1.10. The van der Waals surface area contributed by atoms with Crippen molar-refractivity contribution in [3.8, 4) is 0 Å². The van der Waals surface area contributed by atoms with Gasteiger partial charge < -0.3 is 10.6 Å². The second-order valence-electron chi connectivity index (χ2n) is 8.16. The molecule has 0 spiro atoms. The molecule has 1 aliphatic heterocycles. The van der Waals surface area contributed by atoms with E-state index in [9.17, 15) is 22.8 Å². The highest BCUT2D eigenvalue weighted by Crippen LogP contribution is 2.33. The van der Waals surface area contributed by atoms with Gasteiger partial charge in [0.2, 0.25) is 15.9 Å². The van der Waals surface area contributed by atoms with E-state index < -0.39 is 40.0 Å². The maximum Gasteiger partial charge on any atom is 0.325 e. The molecule has 1 fully saturated rings. The third kappa shape index (κ3) is 4.62. The topological polar surface area (TPSA) is 116 Å². The van der Waals surface area contributed by atoms with Gasteiger partial charge in [-0.15, -0.1) is 0 Å². The van der Waals surface area contributed by atoms with Crippen molar-refractivity contribution in [1.82, 2.24) is 14.5 Å². The first-order valence-corrected chi connectivity index (χ1v) is 12.0. The summed E-state index contributed by atoms with van der Waals surface area (Å²) in [7, 11) is -0.857. The van der Waals surface area contributed by atoms with Crippen molar-refractivity contribution in [3.05, 3.63) is 59.7 Å². The summed E-state index contributed by atoms with van der Waals surface area (Å²) in [5.41, 5.74) is 0.370. The minimum absolute atomic E-state index is 0.0226. The standard InChI is InChI=1S/C23H28N4O5S/c1-5-13-23(17-9-7-6-8-10-17)21(29)27(22(30)25-23)15-20(28)24-19-14-18(12-11-16(19)2)33(31,32)26(3)4/h6-12,14H,5,13,15H2,1-4H3,(H,24,28)(H,25,30)/t23-/m1/s1. The number of hydrogen-bond acceptors (Lipinski definition) is 5. The molecule has 3 rings (SSSR count). The Labute approximate surface area is 193 Å². The van der Waals surface area contributed by atoms with Crippen molar-refractivity contribution >= 4 is 33.6 Å². The van der Waals surface area contributed by atoms with Crippen LogP contribution in [0, 0.1) is 6.92 Å². The molecule has 0 aliphatic carbocycles. The maximum absolute atomic E-state index is 13.3. The average Bonchev–Trinajstić information content (AvgIpc) is 3.01. The number of carbonyl (C=O) groups excluding carboxylic acids is 3.